The van der Waals surface area contributed by atoms with Gasteiger partial charge in [-0.3, -0.25) is 9.20 Å². The van der Waals surface area contributed by atoms with Gasteiger partial charge in [0.05, 0.1) is 7.11 Å². The largest absolute Gasteiger partial charge is 0.497 e. The van der Waals surface area contributed by atoms with E-state index in [2.05, 4.69) is 10.00 Å². The predicted molar refractivity (Wildman–Crippen MR) is 114 cm³/mol. The van der Waals surface area contributed by atoms with E-state index in [9.17, 15) is 13.2 Å². The smallest absolute Gasteiger partial charge is 0.291 e. The normalized spacial score (nSPS) is 15.6. The van der Waals surface area contributed by atoms with Crippen molar-refractivity contribution >= 4 is 21.2 Å². The Hall–Kier alpha value is -2.85. The first-order chi connectivity index (χ1) is 14.3. The summed E-state index contributed by atoms with van der Waals surface area (Å²) in [7, 11) is -2.09. The molecule has 0 radical (unpaired) electrons. The van der Waals surface area contributed by atoms with Gasteiger partial charge in [0.2, 0.25) is 10.0 Å². The summed E-state index contributed by atoms with van der Waals surface area (Å²) in [5, 5.41) is 4.23. The molecule has 2 aromatic heterocycles. The molecule has 0 spiro atoms. The number of methoxy groups -OCH3 is 1. The van der Waals surface area contributed by atoms with Crippen molar-refractivity contribution in [2.45, 2.75) is 25.3 Å². The van der Waals surface area contributed by atoms with Crippen LogP contribution in [0.4, 0.5) is 5.69 Å². The van der Waals surface area contributed by atoms with Gasteiger partial charge in [-0.15, -0.1) is 0 Å². The molecule has 30 heavy (non-hydrogen) atoms. The number of nitrogens with zero attached hydrogens (tertiary/aromatic N) is 5. The number of ether oxygens (including phenoxy) is 1. The molecule has 0 aliphatic carbocycles. The topological polar surface area (TPSA) is 89.2 Å². The summed E-state index contributed by atoms with van der Waals surface area (Å²) in [5.74, 6) is 1.33. The maximum Gasteiger partial charge on any atom is 0.291 e. The van der Waals surface area contributed by atoms with Gasteiger partial charge in [0, 0.05) is 50.7 Å². The molecule has 0 bridgehead atoms. The minimum atomic E-state index is -3.71. The molecule has 3 aromatic rings. The van der Waals surface area contributed by atoms with Crippen LogP contribution in [-0.2, 0) is 16.6 Å². The summed E-state index contributed by atoms with van der Waals surface area (Å²) in [5.41, 5.74) is 1.02. The number of aryl methyl sites for hydroxylation is 2. The number of piperazine rings is 1. The molecule has 3 heterocycles. The average molecular weight is 432 g/mol. The second kappa shape index (κ2) is 7.77. The molecular formula is C20H25N5O4S. The quantitative estimate of drug-likeness (QED) is 0.606. The first-order valence-corrected chi connectivity index (χ1v) is 11.3. The molecular weight excluding hydrogens is 406 g/mol. The van der Waals surface area contributed by atoms with Crippen LogP contribution in [0.2, 0.25) is 0 Å². The molecule has 10 heteroatoms. The summed E-state index contributed by atoms with van der Waals surface area (Å²) in [6.45, 7) is 5.88. The van der Waals surface area contributed by atoms with E-state index in [1.54, 1.807) is 18.4 Å². The van der Waals surface area contributed by atoms with E-state index in [1.807, 2.05) is 31.2 Å². The number of aromatic nitrogens is 3. The van der Waals surface area contributed by atoms with E-state index in [-0.39, 0.29) is 10.5 Å². The van der Waals surface area contributed by atoms with E-state index in [4.69, 9.17) is 4.74 Å². The number of hydrogen-bond acceptors (Lipinski definition) is 6. The molecule has 1 aliphatic rings. The number of sulfonamides is 1. The van der Waals surface area contributed by atoms with Gasteiger partial charge in [0.15, 0.2) is 0 Å². The zero-order valence-electron chi connectivity index (χ0n) is 17.3. The predicted octanol–water partition coefficient (Wildman–Crippen LogP) is 1.34. The second-order valence-corrected chi connectivity index (χ2v) is 9.13. The van der Waals surface area contributed by atoms with E-state index >= 15 is 0 Å². The van der Waals surface area contributed by atoms with Crippen LogP contribution in [-0.4, -0.2) is 60.2 Å². The van der Waals surface area contributed by atoms with Gasteiger partial charge in [-0.1, -0.05) is 6.07 Å². The summed E-state index contributed by atoms with van der Waals surface area (Å²) < 4.78 is 36.1. The standard InChI is InChI=1S/C20H25N5O4S/c1-4-25-20(26)19-13-18(14-24(19)15(2)21-25)30(27,28)23-10-8-22(9-11-23)16-6-5-7-17(12-16)29-3/h5-7,12-14H,4,8-11H2,1-3H3. The number of rotatable bonds is 5. The lowest BCUT2D eigenvalue weighted by atomic mass is 10.2. The Morgan fingerprint density at radius 2 is 1.87 bits per heavy atom. The Morgan fingerprint density at radius 3 is 2.53 bits per heavy atom. The van der Waals surface area contributed by atoms with Crippen molar-refractivity contribution in [3.8, 4) is 5.75 Å². The van der Waals surface area contributed by atoms with Crippen LogP contribution in [0, 0.1) is 6.92 Å². The minimum Gasteiger partial charge on any atom is -0.497 e. The molecule has 0 saturated carbocycles. The van der Waals surface area contributed by atoms with Crippen LogP contribution >= 0.6 is 0 Å². The van der Waals surface area contributed by atoms with Gasteiger partial charge in [-0.2, -0.15) is 9.40 Å². The van der Waals surface area contributed by atoms with Crippen LogP contribution in [0.25, 0.3) is 5.52 Å². The zero-order chi connectivity index (χ0) is 21.5. The third-order valence-electron chi connectivity index (χ3n) is 5.46. The Kier molecular flexibility index (Phi) is 5.29. The van der Waals surface area contributed by atoms with Crippen molar-refractivity contribution in [2.75, 3.05) is 38.2 Å². The summed E-state index contributed by atoms with van der Waals surface area (Å²) in [6, 6.07) is 9.18. The van der Waals surface area contributed by atoms with E-state index < -0.39 is 10.0 Å². The average Bonchev–Trinajstić information content (AvgIpc) is 3.24. The lowest BCUT2D eigenvalue weighted by Crippen LogP contribution is -2.48. The van der Waals surface area contributed by atoms with Crippen LogP contribution < -0.4 is 15.2 Å². The molecule has 9 nitrogen and oxygen atoms in total. The van der Waals surface area contributed by atoms with Crippen molar-refractivity contribution in [1.82, 2.24) is 18.5 Å². The summed E-state index contributed by atoms with van der Waals surface area (Å²) >= 11 is 0. The molecule has 1 aromatic carbocycles. The molecule has 1 fully saturated rings. The molecule has 1 aliphatic heterocycles. The minimum absolute atomic E-state index is 0.119. The van der Waals surface area contributed by atoms with Gasteiger partial charge in [0.25, 0.3) is 5.56 Å². The first kappa shape index (κ1) is 20.4. The third-order valence-corrected chi connectivity index (χ3v) is 7.32. The van der Waals surface area contributed by atoms with E-state index in [0.29, 0.717) is 44.1 Å². The Bertz CT molecular complexity index is 1240. The highest BCUT2D eigenvalue weighted by Crippen LogP contribution is 2.25. The zero-order valence-corrected chi connectivity index (χ0v) is 18.1. The number of fused-ring (bicyclic) bond motifs is 1. The van der Waals surface area contributed by atoms with Crippen LogP contribution in [0.5, 0.6) is 5.75 Å². The van der Waals surface area contributed by atoms with Crippen molar-refractivity contribution < 1.29 is 13.2 Å². The van der Waals surface area contributed by atoms with Crippen molar-refractivity contribution in [1.29, 1.82) is 0 Å². The Labute approximate surface area is 175 Å². The van der Waals surface area contributed by atoms with Crippen LogP contribution in [0.15, 0.2) is 46.2 Å². The van der Waals surface area contributed by atoms with Gasteiger partial charge < -0.3 is 9.64 Å². The van der Waals surface area contributed by atoms with E-state index in [1.165, 1.54) is 21.3 Å². The van der Waals surface area contributed by atoms with Crippen LogP contribution in [0.3, 0.4) is 0 Å². The molecule has 0 amide bonds. The van der Waals surface area contributed by atoms with Gasteiger partial charge in [-0.25, -0.2) is 13.1 Å². The third kappa shape index (κ3) is 3.46. The molecule has 0 N–H and O–H groups in total. The monoisotopic (exact) mass is 431 g/mol. The number of anilines is 1. The van der Waals surface area contributed by atoms with Gasteiger partial charge >= 0.3 is 0 Å². The van der Waals surface area contributed by atoms with Crippen molar-refractivity contribution in [3.63, 3.8) is 0 Å². The highest BCUT2D eigenvalue weighted by molar-refractivity contribution is 7.89. The highest BCUT2D eigenvalue weighted by atomic mass is 32.2. The molecule has 1 saturated heterocycles. The lowest BCUT2D eigenvalue weighted by Gasteiger charge is -2.35. The second-order valence-electron chi connectivity index (χ2n) is 7.19. The summed E-state index contributed by atoms with van der Waals surface area (Å²) in [6.07, 6.45) is 1.49. The van der Waals surface area contributed by atoms with Crippen molar-refractivity contribution in [2.24, 2.45) is 0 Å². The Morgan fingerprint density at radius 1 is 1.13 bits per heavy atom. The highest BCUT2D eigenvalue weighted by Gasteiger charge is 2.30. The number of hydrogen-bond donors (Lipinski definition) is 0. The molecule has 0 atom stereocenters. The number of benzene rings is 1. The fourth-order valence-electron chi connectivity index (χ4n) is 3.77. The molecule has 4 rings (SSSR count). The van der Waals surface area contributed by atoms with E-state index in [0.717, 1.165) is 11.4 Å². The molecule has 160 valence electrons. The lowest BCUT2D eigenvalue weighted by molar-refractivity contribution is 0.384. The SMILES string of the molecule is CCn1nc(C)n2cc(S(=O)(=O)N3CCN(c4cccc(OC)c4)CC3)cc2c1=O. The molecule has 0 unspecified atom stereocenters. The van der Waals surface area contributed by atoms with Gasteiger partial charge in [0.1, 0.15) is 22.0 Å². The fourth-order valence-corrected chi connectivity index (χ4v) is 5.21. The fraction of sp³-hybridized carbons (Fsp3) is 0.400. The maximum absolute atomic E-state index is 13.2. The van der Waals surface area contributed by atoms with Gasteiger partial charge in [-0.05, 0) is 32.0 Å². The Balaban J connectivity index is 1.58. The summed E-state index contributed by atoms with van der Waals surface area (Å²) in [4.78, 5) is 14.8. The maximum atomic E-state index is 13.2. The van der Waals surface area contributed by atoms with Crippen LogP contribution in [0.1, 0.15) is 12.7 Å². The first-order valence-electron chi connectivity index (χ1n) is 9.84. The van der Waals surface area contributed by atoms with Crippen molar-refractivity contribution in [3.05, 3.63) is 52.7 Å².